The lowest BCUT2D eigenvalue weighted by atomic mass is 9.95. The van der Waals surface area contributed by atoms with Gasteiger partial charge in [-0.1, -0.05) is 24.3 Å². The second kappa shape index (κ2) is 9.75. The lowest BCUT2D eigenvalue weighted by Gasteiger charge is -2.31. The molecule has 0 unspecified atom stereocenters. The zero-order valence-corrected chi connectivity index (χ0v) is 18.4. The Morgan fingerprint density at radius 3 is 2.42 bits per heavy atom. The van der Waals surface area contributed by atoms with E-state index in [-0.39, 0.29) is 17.7 Å². The number of pyridine rings is 1. The summed E-state index contributed by atoms with van der Waals surface area (Å²) in [5, 5.41) is 2.85. The minimum Gasteiger partial charge on any atom is -0.457 e. The number of ether oxygens (including phenoxy) is 1. The van der Waals surface area contributed by atoms with Crippen LogP contribution in [0.1, 0.15) is 23.2 Å². The van der Waals surface area contributed by atoms with E-state index in [9.17, 15) is 9.59 Å². The van der Waals surface area contributed by atoms with Crippen LogP contribution in [0.15, 0.2) is 77.4 Å². The summed E-state index contributed by atoms with van der Waals surface area (Å²) in [6, 6.07) is 20.2. The number of likely N-dealkylation sites (tertiary alicyclic amines) is 1. The van der Waals surface area contributed by atoms with E-state index in [1.165, 1.54) is 0 Å². The van der Waals surface area contributed by atoms with Crippen molar-refractivity contribution in [3.05, 3.63) is 83.0 Å². The zero-order chi connectivity index (χ0) is 21.6. The minimum absolute atomic E-state index is 0.0491. The first-order valence-electron chi connectivity index (χ1n) is 10.1. The first kappa shape index (κ1) is 21.1. The van der Waals surface area contributed by atoms with Crippen LogP contribution in [-0.4, -0.2) is 34.8 Å². The number of halogens is 1. The molecule has 31 heavy (non-hydrogen) atoms. The maximum absolute atomic E-state index is 13.0. The molecule has 1 aliphatic rings. The Kier molecular flexibility index (Phi) is 6.62. The quantitative estimate of drug-likeness (QED) is 0.550. The van der Waals surface area contributed by atoms with Gasteiger partial charge in [0.2, 0.25) is 5.91 Å². The molecule has 2 heterocycles. The molecule has 1 aliphatic heterocycles. The van der Waals surface area contributed by atoms with Crippen molar-refractivity contribution < 1.29 is 14.3 Å². The number of nitrogens with zero attached hydrogens (tertiary/aromatic N) is 2. The van der Waals surface area contributed by atoms with Gasteiger partial charge in [0.15, 0.2) is 0 Å². The molecule has 0 atom stereocenters. The maximum Gasteiger partial charge on any atom is 0.253 e. The average Bonchev–Trinajstić information content (AvgIpc) is 2.81. The number of rotatable bonds is 5. The maximum atomic E-state index is 13.0. The molecule has 3 aromatic rings. The monoisotopic (exact) mass is 479 g/mol. The molecular formula is C24H22BrN3O3. The normalized spacial score (nSPS) is 14.2. The Morgan fingerprint density at radius 2 is 1.71 bits per heavy atom. The van der Waals surface area contributed by atoms with Crippen LogP contribution < -0.4 is 10.1 Å². The fraction of sp³-hybridized carbons (Fsp3) is 0.208. The molecule has 0 saturated carbocycles. The zero-order valence-electron chi connectivity index (χ0n) is 16.8. The van der Waals surface area contributed by atoms with E-state index >= 15 is 0 Å². The highest BCUT2D eigenvalue weighted by Crippen LogP contribution is 2.25. The summed E-state index contributed by atoms with van der Waals surface area (Å²) < 4.78 is 6.69. The van der Waals surface area contributed by atoms with Gasteiger partial charge in [0.1, 0.15) is 17.3 Å². The Hall–Kier alpha value is -3.19. The summed E-state index contributed by atoms with van der Waals surface area (Å²) in [5.74, 6) is 1.63. The number of amides is 2. The number of hydrogen-bond donors (Lipinski definition) is 1. The Labute approximate surface area is 189 Å². The first-order valence-corrected chi connectivity index (χ1v) is 10.9. The van der Waals surface area contributed by atoms with Crippen molar-refractivity contribution in [2.24, 2.45) is 5.92 Å². The summed E-state index contributed by atoms with van der Waals surface area (Å²) in [4.78, 5) is 31.5. The third-order valence-electron chi connectivity index (χ3n) is 5.19. The van der Waals surface area contributed by atoms with E-state index in [1.807, 2.05) is 48.5 Å². The standard InChI is InChI=1S/C24H22BrN3O3/c25-19-9-10-22(26-16-19)27-23(29)17-11-13-28(14-12-17)24(30)18-5-4-8-21(15-18)31-20-6-2-1-3-7-20/h1-10,15-17H,11-14H2,(H,26,27,29). The SMILES string of the molecule is O=C(Nc1ccc(Br)cn1)C1CCN(C(=O)c2cccc(Oc3ccccc3)c2)CC1. The molecule has 1 fully saturated rings. The van der Waals surface area contributed by atoms with Crippen molar-refractivity contribution in [1.29, 1.82) is 0 Å². The molecule has 6 nitrogen and oxygen atoms in total. The highest BCUT2D eigenvalue weighted by Gasteiger charge is 2.28. The largest absolute Gasteiger partial charge is 0.457 e. The second-order valence-corrected chi connectivity index (χ2v) is 8.28. The second-order valence-electron chi connectivity index (χ2n) is 7.36. The molecule has 1 aromatic heterocycles. The van der Waals surface area contributed by atoms with E-state index in [0.29, 0.717) is 43.1 Å². The molecule has 7 heteroatoms. The van der Waals surface area contributed by atoms with Gasteiger partial charge in [-0.2, -0.15) is 0 Å². The first-order chi connectivity index (χ1) is 15.1. The average molecular weight is 480 g/mol. The summed E-state index contributed by atoms with van der Waals surface area (Å²) in [6.45, 7) is 1.07. The summed E-state index contributed by atoms with van der Waals surface area (Å²) >= 11 is 3.33. The minimum atomic E-state index is -0.137. The summed E-state index contributed by atoms with van der Waals surface area (Å²) in [6.07, 6.45) is 2.88. The van der Waals surface area contributed by atoms with Crippen LogP contribution in [0.5, 0.6) is 11.5 Å². The predicted molar refractivity (Wildman–Crippen MR) is 122 cm³/mol. The van der Waals surface area contributed by atoms with Gasteiger partial charge in [-0.05, 0) is 71.2 Å². The Balaban J connectivity index is 1.33. The number of piperidine rings is 1. The van der Waals surface area contributed by atoms with E-state index < -0.39 is 0 Å². The molecule has 0 bridgehead atoms. The highest BCUT2D eigenvalue weighted by atomic mass is 79.9. The van der Waals surface area contributed by atoms with Gasteiger partial charge in [-0.15, -0.1) is 0 Å². The molecule has 0 spiro atoms. The molecule has 2 amide bonds. The Bertz CT molecular complexity index is 1050. The van der Waals surface area contributed by atoms with Crippen LogP contribution in [0.3, 0.4) is 0 Å². The number of nitrogens with one attached hydrogen (secondary N) is 1. The molecule has 0 aliphatic carbocycles. The molecule has 158 valence electrons. The van der Waals surface area contributed by atoms with Crippen LogP contribution in [-0.2, 0) is 4.79 Å². The molecular weight excluding hydrogens is 458 g/mol. The molecule has 4 rings (SSSR count). The number of benzene rings is 2. The molecule has 1 N–H and O–H groups in total. The topological polar surface area (TPSA) is 71.5 Å². The number of hydrogen-bond acceptors (Lipinski definition) is 4. The molecule has 2 aromatic carbocycles. The van der Waals surface area contributed by atoms with Crippen molar-refractivity contribution in [2.75, 3.05) is 18.4 Å². The number of carbonyl (C=O) groups excluding carboxylic acids is 2. The fourth-order valence-corrected chi connectivity index (χ4v) is 3.76. The Morgan fingerprint density at radius 1 is 0.968 bits per heavy atom. The van der Waals surface area contributed by atoms with Crippen molar-refractivity contribution >= 4 is 33.6 Å². The van der Waals surface area contributed by atoms with Gasteiger partial charge in [-0.25, -0.2) is 4.98 Å². The van der Waals surface area contributed by atoms with Crippen LogP contribution in [0.25, 0.3) is 0 Å². The number of anilines is 1. The number of aromatic nitrogens is 1. The molecule has 1 saturated heterocycles. The van der Waals surface area contributed by atoms with Gasteiger partial charge >= 0.3 is 0 Å². The highest BCUT2D eigenvalue weighted by molar-refractivity contribution is 9.10. The van der Waals surface area contributed by atoms with E-state index in [4.69, 9.17) is 4.74 Å². The van der Waals surface area contributed by atoms with Crippen molar-refractivity contribution in [2.45, 2.75) is 12.8 Å². The van der Waals surface area contributed by atoms with Crippen LogP contribution in [0, 0.1) is 5.92 Å². The van der Waals surface area contributed by atoms with Gasteiger partial charge in [0.25, 0.3) is 5.91 Å². The number of carbonyl (C=O) groups is 2. The molecule has 0 radical (unpaired) electrons. The van der Waals surface area contributed by atoms with Crippen molar-refractivity contribution in [1.82, 2.24) is 9.88 Å². The van der Waals surface area contributed by atoms with Crippen molar-refractivity contribution in [3.63, 3.8) is 0 Å². The number of para-hydroxylation sites is 1. The van der Waals surface area contributed by atoms with Gasteiger partial charge in [0.05, 0.1) is 0 Å². The predicted octanol–water partition coefficient (Wildman–Crippen LogP) is 5.13. The third kappa shape index (κ3) is 5.49. The smallest absolute Gasteiger partial charge is 0.253 e. The van der Waals surface area contributed by atoms with Crippen LogP contribution in [0.2, 0.25) is 0 Å². The third-order valence-corrected chi connectivity index (χ3v) is 5.66. The lowest BCUT2D eigenvalue weighted by Crippen LogP contribution is -2.41. The van der Waals surface area contributed by atoms with Crippen LogP contribution >= 0.6 is 15.9 Å². The van der Waals surface area contributed by atoms with Crippen molar-refractivity contribution in [3.8, 4) is 11.5 Å². The summed E-state index contributed by atoms with van der Waals surface area (Å²) in [7, 11) is 0. The van der Waals surface area contributed by atoms with E-state index in [0.717, 1.165) is 10.2 Å². The van der Waals surface area contributed by atoms with Gasteiger partial charge < -0.3 is 15.0 Å². The summed E-state index contributed by atoms with van der Waals surface area (Å²) in [5.41, 5.74) is 0.579. The lowest BCUT2D eigenvalue weighted by molar-refractivity contribution is -0.121. The fourth-order valence-electron chi connectivity index (χ4n) is 3.52. The van der Waals surface area contributed by atoms with Crippen LogP contribution in [0.4, 0.5) is 5.82 Å². The van der Waals surface area contributed by atoms with Gasteiger partial charge in [-0.3, -0.25) is 9.59 Å². The van der Waals surface area contributed by atoms with E-state index in [2.05, 4.69) is 26.2 Å². The van der Waals surface area contributed by atoms with Gasteiger partial charge in [0, 0.05) is 35.2 Å². The van der Waals surface area contributed by atoms with E-state index in [1.54, 1.807) is 29.3 Å².